The highest BCUT2D eigenvalue weighted by atomic mass is 79.9. The third kappa shape index (κ3) is 1.65. The lowest BCUT2D eigenvalue weighted by molar-refractivity contribution is -0.125. The highest BCUT2D eigenvalue weighted by molar-refractivity contribution is 9.10. The van der Waals surface area contributed by atoms with E-state index in [9.17, 15) is 4.79 Å². The first-order chi connectivity index (χ1) is 6.18. The minimum atomic E-state index is 0.0769. The summed E-state index contributed by atoms with van der Waals surface area (Å²) in [7, 11) is 0. The van der Waals surface area contributed by atoms with E-state index < -0.39 is 0 Å². The van der Waals surface area contributed by atoms with Gasteiger partial charge < -0.3 is 0 Å². The number of benzene rings is 1. The Morgan fingerprint density at radius 1 is 1.46 bits per heavy atom. The summed E-state index contributed by atoms with van der Waals surface area (Å²) in [4.78, 5) is 11.2. The molecule has 0 aliphatic heterocycles. The van der Waals surface area contributed by atoms with Crippen LogP contribution in [-0.2, 0) is 4.79 Å². The van der Waals surface area contributed by atoms with Crippen molar-refractivity contribution in [3.63, 3.8) is 0 Å². The van der Waals surface area contributed by atoms with E-state index in [1.807, 2.05) is 18.2 Å². The van der Waals surface area contributed by atoms with Gasteiger partial charge in [0.1, 0.15) is 5.78 Å². The number of carbonyl (C=O) groups excluding carboxylic acids is 1. The van der Waals surface area contributed by atoms with Gasteiger partial charge in [-0.05, 0) is 30.2 Å². The van der Waals surface area contributed by atoms with Gasteiger partial charge in [-0.25, -0.2) is 0 Å². The molecule has 68 valence electrons. The van der Waals surface area contributed by atoms with E-state index in [0.29, 0.717) is 17.2 Å². The Kier molecular flexibility index (Phi) is 2.43. The summed E-state index contributed by atoms with van der Waals surface area (Å²) in [5, 5.41) is 0.693. The van der Waals surface area contributed by atoms with Crippen LogP contribution in [0.1, 0.15) is 24.3 Å². The van der Waals surface area contributed by atoms with Crippen LogP contribution in [-0.4, -0.2) is 5.78 Å². The van der Waals surface area contributed by atoms with Crippen LogP contribution in [0.5, 0.6) is 0 Å². The lowest BCUT2D eigenvalue weighted by Gasteiger charge is -2.25. The molecule has 1 aromatic rings. The zero-order valence-electron chi connectivity index (χ0n) is 6.89. The number of ketones is 1. The molecule has 0 radical (unpaired) electrons. The Morgan fingerprint density at radius 2 is 2.23 bits per heavy atom. The standard InChI is InChI=1S/C10H8BrClO/c11-9-3-1-6(12)5-8(9)7-2-4-10(7)13/h1,3,5,7H,2,4H2. The van der Waals surface area contributed by atoms with Crippen LogP contribution in [0.25, 0.3) is 0 Å². The number of carbonyl (C=O) groups is 1. The first-order valence-electron chi connectivity index (χ1n) is 4.16. The van der Waals surface area contributed by atoms with E-state index in [-0.39, 0.29) is 5.92 Å². The summed E-state index contributed by atoms with van der Waals surface area (Å²) < 4.78 is 0.981. The van der Waals surface area contributed by atoms with Crippen molar-refractivity contribution in [2.75, 3.05) is 0 Å². The minimum Gasteiger partial charge on any atom is -0.299 e. The Bertz CT molecular complexity index is 362. The van der Waals surface area contributed by atoms with Crippen LogP contribution >= 0.6 is 27.5 Å². The van der Waals surface area contributed by atoms with Gasteiger partial charge in [-0.2, -0.15) is 0 Å². The number of hydrogen-bond donors (Lipinski definition) is 0. The highest BCUT2D eigenvalue weighted by Gasteiger charge is 2.30. The summed E-state index contributed by atoms with van der Waals surface area (Å²) in [6.07, 6.45) is 1.67. The molecule has 2 rings (SSSR count). The highest BCUT2D eigenvalue weighted by Crippen LogP contribution is 2.37. The molecule has 0 aromatic heterocycles. The maximum Gasteiger partial charge on any atom is 0.140 e. The fourth-order valence-electron chi connectivity index (χ4n) is 1.52. The molecule has 1 aromatic carbocycles. The molecule has 13 heavy (non-hydrogen) atoms. The smallest absolute Gasteiger partial charge is 0.140 e. The minimum absolute atomic E-state index is 0.0769. The molecular weight excluding hydrogens is 251 g/mol. The molecule has 0 amide bonds. The predicted molar refractivity (Wildman–Crippen MR) is 56.1 cm³/mol. The van der Waals surface area contributed by atoms with Crippen molar-refractivity contribution in [3.05, 3.63) is 33.3 Å². The third-order valence-electron chi connectivity index (χ3n) is 2.40. The summed E-state index contributed by atoms with van der Waals surface area (Å²) in [5.41, 5.74) is 1.03. The average molecular weight is 260 g/mol. The lowest BCUT2D eigenvalue weighted by atomic mass is 9.79. The predicted octanol–water partition coefficient (Wildman–Crippen LogP) is 3.55. The molecule has 1 fully saturated rings. The maximum atomic E-state index is 11.2. The Morgan fingerprint density at radius 3 is 2.77 bits per heavy atom. The summed E-state index contributed by atoms with van der Waals surface area (Å²) in [5.74, 6) is 0.399. The van der Waals surface area contributed by atoms with Crippen molar-refractivity contribution in [3.8, 4) is 0 Å². The first-order valence-corrected chi connectivity index (χ1v) is 5.33. The van der Waals surface area contributed by atoms with Gasteiger partial charge in [-0.1, -0.05) is 27.5 Å². The fourth-order valence-corrected chi connectivity index (χ4v) is 2.22. The molecule has 1 nitrogen and oxygen atoms in total. The molecule has 0 heterocycles. The van der Waals surface area contributed by atoms with Crippen LogP contribution in [0.15, 0.2) is 22.7 Å². The van der Waals surface area contributed by atoms with Gasteiger partial charge in [0.05, 0.1) is 0 Å². The normalized spacial score (nSPS) is 21.4. The Balaban J connectivity index is 2.38. The third-order valence-corrected chi connectivity index (χ3v) is 3.36. The van der Waals surface area contributed by atoms with Crippen molar-refractivity contribution >= 4 is 33.3 Å². The van der Waals surface area contributed by atoms with Gasteiger partial charge in [0.25, 0.3) is 0 Å². The van der Waals surface area contributed by atoms with E-state index in [2.05, 4.69) is 15.9 Å². The summed E-state index contributed by atoms with van der Waals surface area (Å²) in [6.45, 7) is 0. The van der Waals surface area contributed by atoms with Gasteiger partial charge >= 0.3 is 0 Å². The Hall–Kier alpha value is -0.340. The number of halogens is 2. The first kappa shape index (κ1) is 9.22. The van der Waals surface area contributed by atoms with Gasteiger partial charge in [0, 0.05) is 21.8 Å². The summed E-state index contributed by atoms with van der Waals surface area (Å²) >= 11 is 9.28. The van der Waals surface area contributed by atoms with Crippen LogP contribution in [0.2, 0.25) is 5.02 Å². The van der Waals surface area contributed by atoms with Crippen molar-refractivity contribution in [1.82, 2.24) is 0 Å². The van der Waals surface area contributed by atoms with Gasteiger partial charge in [-0.3, -0.25) is 4.79 Å². The zero-order chi connectivity index (χ0) is 9.42. The largest absolute Gasteiger partial charge is 0.299 e. The molecule has 0 saturated heterocycles. The molecule has 1 atom stereocenters. The zero-order valence-corrected chi connectivity index (χ0v) is 9.23. The van der Waals surface area contributed by atoms with E-state index in [0.717, 1.165) is 16.5 Å². The van der Waals surface area contributed by atoms with Crippen molar-refractivity contribution < 1.29 is 4.79 Å². The molecule has 3 heteroatoms. The second-order valence-electron chi connectivity index (χ2n) is 3.22. The van der Waals surface area contributed by atoms with Crippen LogP contribution in [0.4, 0.5) is 0 Å². The molecule has 1 unspecified atom stereocenters. The van der Waals surface area contributed by atoms with Gasteiger partial charge in [0.15, 0.2) is 0 Å². The second-order valence-corrected chi connectivity index (χ2v) is 4.51. The Labute approximate surface area is 90.2 Å². The van der Waals surface area contributed by atoms with Gasteiger partial charge in [-0.15, -0.1) is 0 Å². The van der Waals surface area contributed by atoms with Crippen molar-refractivity contribution in [2.45, 2.75) is 18.8 Å². The molecule has 1 saturated carbocycles. The van der Waals surface area contributed by atoms with Crippen molar-refractivity contribution in [1.29, 1.82) is 0 Å². The summed E-state index contributed by atoms with van der Waals surface area (Å²) in [6, 6.07) is 5.58. The molecular formula is C10H8BrClO. The SMILES string of the molecule is O=C1CCC1c1cc(Cl)ccc1Br. The molecule has 1 aliphatic rings. The van der Waals surface area contributed by atoms with E-state index >= 15 is 0 Å². The molecule has 0 bridgehead atoms. The topological polar surface area (TPSA) is 17.1 Å². The number of Topliss-reactive ketones (excluding diaryl/α,β-unsaturated/α-hetero) is 1. The average Bonchev–Trinajstić information content (AvgIpc) is 2.09. The number of rotatable bonds is 1. The lowest BCUT2D eigenvalue weighted by Crippen LogP contribution is -2.23. The van der Waals surface area contributed by atoms with Crippen LogP contribution in [0, 0.1) is 0 Å². The van der Waals surface area contributed by atoms with Crippen molar-refractivity contribution in [2.24, 2.45) is 0 Å². The number of hydrogen-bond acceptors (Lipinski definition) is 1. The monoisotopic (exact) mass is 258 g/mol. The van der Waals surface area contributed by atoms with E-state index in [4.69, 9.17) is 11.6 Å². The molecule has 0 spiro atoms. The van der Waals surface area contributed by atoms with E-state index in [1.54, 1.807) is 0 Å². The van der Waals surface area contributed by atoms with Crippen LogP contribution in [0.3, 0.4) is 0 Å². The van der Waals surface area contributed by atoms with Crippen LogP contribution < -0.4 is 0 Å². The molecule has 1 aliphatic carbocycles. The maximum absolute atomic E-state index is 11.2. The second kappa shape index (κ2) is 3.43. The van der Waals surface area contributed by atoms with E-state index in [1.165, 1.54) is 0 Å². The van der Waals surface area contributed by atoms with Gasteiger partial charge in [0.2, 0.25) is 0 Å². The fraction of sp³-hybridized carbons (Fsp3) is 0.300. The quantitative estimate of drug-likeness (QED) is 0.754. The molecule has 0 N–H and O–H groups in total.